The van der Waals surface area contributed by atoms with Crippen molar-refractivity contribution in [2.45, 2.75) is 44.6 Å². The molecule has 0 radical (unpaired) electrons. The number of carbonyl (C=O) groups excluding carboxylic acids is 1. The van der Waals surface area contributed by atoms with Crippen LogP contribution in [0, 0.1) is 5.41 Å². The summed E-state index contributed by atoms with van der Waals surface area (Å²) >= 11 is 0. The van der Waals surface area contributed by atoms with E-state index in [0.29, 0.717) is 25.8 Å². The molecule has 1 aliphatic heterocycles. The molecule has 4 heteroatoms. The van der Waals surface area contributed by atoms with Crippen molar-refractivity contribution in [3.8, 4) is 0 Å². The van der Waals surface area contributed by atoms with E-state index in [1.165, 1.54) is 12.8 Å². The van der Waals surface area contributed by atoms with E-state index in [2.05, 4.69) is 0 Å². The molecule has 1 aliphatic carbocycles. The lowest BCUT2D eigenvalue weighted by Crippen LogP contribution is -2.51. The highest BCUT2D eigenvalue weighted by Gasteiger charge is 2.42. The molecule has 2 fully saturated rings. The summed E-state index contributed by atoms with van der Waals surface area (Å²) in [5.74, 6) is 0.246. The number of hydrogen-bond acceptors (Lipinski definition) is 3. The van der Waals surface area contributed by atoms with E-state index in [9.17, 15) is 4.79 Å². The van der Waals surface area contributed by atoms with Crippen LogP contribution in [0.3, 0.4) is 0 Å². The van der Waals surface area contributed by atoms with Crippen molar-refractivity contribution in [2.75, 3.05) is 26.8 Å². The van der Waals surface area contributed by atoms with Gasteiger partial charge in [0.1, 0.15) is 0 Å². The quantitative estimate of drug-likeness (QED) is 0.805. The van der Waals surface area contributed by atoms with E-state index in [1.54, 1.807) is 0 Å². The number of carbonyl (C=O) groups is 1. The van der Waals surface area contributed by atoms with Crippen LogP contribution in [0.15, 0.2) is 0 Å². The lowest BCUT2D eigenvalue weighted by Gasteiger charge is -2.39. The monoisotopic (exact) mass is 240 g/mol. The van der Waals surface area contributed by atoms with Crippen LogP contribution in [-0.4, -0.2) is 43.7 Å². The fraction of sp³-hybridized carbons (Fsp3) is 0.923. The summed E-state index contributed by atoms with van der Waals surface area (Å²) < 4.78 is 5.36. The zero-order valence-electron chi connectivity index (χ0n) is 10.8. The number of nitrogens with two attached hydrogens (primary N) is 1. The predicted octanol–water partition coefficient (Wildman–Crippen LogP) is 1.14. The Labute approximate surface area is 103 Å². The third-order valence-corrected chi connectivity index (χ3v) is 4.49. The van der Waals surface area contributed by atoms with Crippen molar-refractivity contribution in [1.82, 2.24) is 4.90 Å². The average molecular weight is 240 g/mol. The SMILES string of the molecule is CN(C(=O)C1(CN)CCOCC1)C1CCCC1. The minimum Gasteiger partial charge on any atom is -0.381 e. The van der Waals surface area contributed by atoms with Crippen LogP contribution in [-0.2, 0) is 9.53 Å². The molecular formula is C13H24N2O2. The zero-order chi connectivity index (χ0) is 12.3. The molecule has 1 heterocycles. The first kappa shape index (κ1) is 12.8. The molecule has 0 atom stereocenters. The number of amides is 1. The Kier molecular flexibility index (Phi) is 4.05. The van der Waals surface area contributed by atoms with Crippen molar-refractivity contribution in [3.05, 3.63) is 0 Å². The second-order valence-electron chi connectivity index (χ2n) is 5.45. The van der Waals surface area contributed by atoms with Crippen molar-refractivity contribution in [1.29, 1.82) is 0 Å². The molecule has 17 heavy (non-hydrogen) atoms. The molecule has 0 unspecified atom stereocenters. The van der Waals surface area contributed by atoms with Crippen molar-refractivity contribution >= 4 is 5.91 Å². The first-order valence-electron chi connectivity index (χ1n) is 6.75. The number of rotatable bonds is 3. The van der Waals surface area contributed by atoms with Gasteiger partial charge in [0.05, 0.1) is 5.41 Å². The molecule has 0 aromatic carbocycles. The molecule has 1 saturated heterocycles. The van der Waals surface area contributed by atoms with Crippen LogP contribution in [0.4, 0.5) is 0 Å². The molecule has 2 rings (SSSR count). The maximum absolute atomic E-state index is 12.6. The molecule has 0 spiro atoms. The van der Waals surface area contributed by atoms with Gasteiger partial charge in [0.15, 0.2) is 0 Å². The van der Waals surface area contributed by atoms with Gasteiger partial charge in [0.2, 0.25) is 5.91 Å². The molecule has 4 nitrogen and oxygen atoms in total. The van der Waals surface area contributed by atoms with E-state index >= 15 is 0 Å². The largest absolute Gasteiger partial charge is 0.381 e. The summed E-state index contributed by atoms with van der Waals surface area (Å²) in [4.78, 5) is 14.6. The fourth-order valence-electron chi connectivity index (χ4n) is 3.10. The number of hydrogen-bond donors (Lipinski definition) is 1. The second kappa shape index (κ2) is 5.36. The Morgan fingerprint density at radius 3 is 2.47 bits per heavy atom. The third-order valence-electron chi connectivity index (χ3n) is 4.49. The van der Waals surface area contributed by atoms with E-state index in [0.717, 1.165) is 25.7 Å². The van der Waals surface area contributed by atoms with Gasteiger partial charge >= 0.3 is 0 Å². The Hall–Kier alpha value is -0.610. The smallest absolute Gasteiger partial charge is 0.230 e. The van der Waals surface area contributed by atoms with Gasteiger partial charge in [-0.3, -0.25) is 4.79 Å². The summed E-state index contributed by atoms with van der Waals surface area (Å²) in [6.45, 7) is 1.79. The Bertz CT molecular complexity index is 269. The highest BCUT2D eigenvalue weighted by molar-refractivity contribution is 5.83. The summed E-state index contributed by atoms with van der Waals surface area (Å²) in [5, 5.41) is 0. The fourth-order valence-corrected chi connectivity index (χ4v) is 3.10. The topological polar surface area (TPSA) is 55.6 Å². The van der Waals surface area contributed by atoms with Gasteiger partial charge in [0.25, 0.3) is 0 Å². The standard InChI is InChI=1S/C13H24N2O2/c1-15(11-4-2-3-5-11)12(16)13(10-14)6-8-17-9-7-13/h11H,2-10,14H2,1H3. The Morgan fingerprint density at radius 1 is 1.35 bits per heavy atom. The first-order chi connectivity index (χ1) is 8.19. The maximum atomic E-state index is 12.6. The number of nitrogens with zero attached hydrogens (tertiary/aromatic N) is 1. The molecular weight excluding hydrogens is 216 g/mol. The molecule has 1 amide bonds. The van der Waals surface area contributed by atoms with Crippen LogP contribution in [0.25, 0.3) is 0 Å². The second-order valence-corrected chi connectivity index (χ2v) is 5.45. The van der Waals surface area contributed by atoms with Gasteiger partial charge in [-0.15, -0.1) is 0 Å². The van der Waals surface area contributed by atoms with Gasteiger partial charge in [0, 0.05) is 32.8 Å². The highest BCUT2D eigenvalue weighted by Crippen LogP contribution is 2.34. The van der Waals surface area contributed by atoms with E-state index in [4.69, 9.17) is 10.5 Å². The van der Waals surface area contributed by atoms with E-state index < -0.39 is 0 Å². The van der Waals surface area contributed by atoms with Crippen LogP contribution in [0.2, 0.25) is 0 Å². The Balaban J connectivity index is 2.04. The summed E-state index contributed by atoms with van der Waals surface area (Å²) in [5.41, 5.74) is 5.52. The van der Waals surface area contributed by atoms with Gasteiger partial charge in [-0.1, -0.05) is 12.8 Å². The summed E-state index contributed by atoms with van der Waals surface area (Å²) in [6.07, 6.45) is 6.36. The molecule has 1 saturated carbocycles. The van der Waals surface area contributed by atoms with E-state index in [1.807, 2.05) is 11.9 Å². The zero-order valence-corrected chi connectivity index (χ0v) is 10.8. The first-order valence-corrected chi connectivity index (χ1v) is 6.75. The van der Waals surface area contributed by atoms with Crippen molar-refractivity contribution in [2.24, 2.45) is 11.1 Å². The summed E-state index contributed by atoms with van der Waals surface area (Å²) in [6, 6.07) is 0.439. The van der Waals surface area contributed by atoms with Gasteiger partial charge in [-0.25, -0.2) is 0 Å². The van der Waals surface area contributed by atoms with Crippen LogP contribution in [0.1, 0.15) is 38.5 Å². The molecule has 0 bridgehead atoms. The minimum atomic E-state index is -0.352. The Morgan fingerprint density at radius 2 is 1.94 bits per heavy atom. The molecule has 2 N–H and O–H groups in total. The molecule has 98 valence electrons. The minimum absolute atomic E-state index is 0.246. The van der Waals surface area contributed by atoms with Crippen molar-refractivity contribution in [3.63, 3.8) is 0 Å². The van der Waals surface area contributed by atoms with Crippen LogP contribution < -0.4 is 5.73 Å². The maximum Gasteiger partial charge on any atom is 0.230 e. The van der Waals surface area contributed by atoms with E-state index in [-0.39, 0.29) is 11.3 Å². The van der Waals surface area contributed by atoms with Crippen LogP contribution in [0.5, 0.6) is 0 Å². The lowest BCUT2D eigenvalue weighted by atomic mass is 9.78. The predicted molar refractivity (Wildman–Crippen MR) is 66.6 cm³/mol. The number of ether oxygens (including phenoxy) is 1. The third kappa shape index (κ3) is 2.47. The summed E-state index contributed by atoms with van der Waals surface area (Å²) in [7, 11) is 1.95. The lowest BCUT2D eigenvalue weighted by molar-refractivity contribution is -0.147. The highest BCUT2D eigenvalue weighted by atomic mass is 16.5. The van der Waals surface area contributed by atoms with Gasteiger partial charge < -0.3 is 15.4 Å². The van der Waals surface area contributed by atoms with Crippen molar-refractivity contribution < 1.29 is 9.53 Å². The van der Waals surface area contributed by atoms with Gasteiger partial charge in [-0.2, -0.15) is 0 Å². The van der Waals surface area contributed by atoms with Crippen LogP contribution >= 0.6 is 0 Å². The molecule has 2 aliphatic rings. The molecule has 0 aromatic rings. The van der Waals surface area contributed by atoms with Gasteiger partial charge in [-0.05, 0) is 25.7 Å². The average Bonchev–Trinajstić information content (AvgIpc) is 2.91. The molecule has 0 aromatic heterocycles. The normalized spacial score (nSPS) is 24.8.